The Labute approximate surface area is 142 Å². The van der Waals surface area contributed by atoms with Crippen molar-refractivity contribution in [3.63, 3.8) is 0 Å². The average molecular weight is 319 g/mol. The van der Waals surface area contributed by atoms with Gasteiger partial charge in [0.1, 0.15) is 5.75 Å². The molecule has 0 unspecified atom stereocenters. The first-order valence-electron chi connectivity index (χ1n) is 8.10. The van der Waals surface area contributed by atoms with Gasteiger partial charge in [0.15, 0.2) is 0 Å². The normalized spacial score (nSPS) is 10.6. The molecule has 0 heterocycles. The second kappa shape index (κ2) is 7.18. The summed E-state index contributed by atoms with van der Waals surface area (Å²) >= 11 is 0. The van der Waals surface area contributed by atoms with E-state index in [1.54, 1.807) is 0 Å². The molecule has 0 aliphatic heterocycles. The predicted molar refractivity (Wildman–Crippen MR) is 98.6 cm³/mol. The maximum absolute atomic E-state index is 12.1. The van der Waals surface area contributed by atoms with Gasteiger partial charge >= 0.3 is 0 Å². The largest absolute Gasteiger partial charge is 0.493 e. The van der Waals surface area contributed by atoms with E-state index in [-0.39, 0.29) is 5.91 Å². The lowest BCUT2D eigenvalue weighted by atomic mass is 10.1. The van der Waals surface area contributed by atoms with E-state index in [2.05, 4.69) is 17.4 Å². The van der Waals surface area contributed by atoms with Gasteiger partial charge in [0.05, 0.1) is 13.0 Å². The highest BCUT2D eigenvalue weighted by Gasteiger charge is 2.05. The second-order valence-electron chi connectivity index (χ2n) is 5.98. The van der Waals surface area contributed by atoms with Crippen LogP contribution >= 0.6 is 0 Å². The molecule has 0 saturated heterocycles. The van der Waals surface area contributed by atoms with Crippen molar-refractivity contribution in [3.8, 4) is 5.75 Å². The number of hydrogen-bond acceptors (Lipinski definition) is 2. The Bertz CT molecular complexity index is 871. The third kappa shape index (κ3) is 3.93. The molecule has 1 N–H and O–H groups in total. The quantitative estimate of drug-likeness (QED) is 0.729. The van der Waals surface area contributed by atoms with Gasteiger partial charge in [-0.15, -0.1) is 0 Å². The highest BCUT2D eigenvalue weighted by atomic mass is 16.5. The summed E-state index contributed by atoms with van der Waals surface area (Å²) in [6.45, 7) is 4.40. The van der Waals surface area contributed by atoms with Crippen LogP contribution in [0.1, 0.15) is 17.5 Å². The zero-order valence-electron chi connectivity index (χ0n) is 14.0. The Hall–Kier alpha value is -2.81. The maximum atomic E-state index is 12.1. The molecule has 3 heteroatoms. The van der Waals surface area contributed by atoms with Crippen molar-refractivity contribution < 1.29 is 9.53 Å². The number of carbonyl (C=O) groups is 1. The fourth-order valence-electron chi connectivity index (χ4n) is 2.61. The van der Waals surface area contributed by atoms with E-state index in [0.717, 1.165) is 33.3 Å². The van der Waals surface area contributed by atoms with Gasteiger partial charge in [0.25, 0.3) is 0 Å². The molecule has 0 saturated carbocycles. The van der Waals surface area contributed by atoms with Crippen molar-refractivity contribution >= 4 is 22.4 Å². The van der Waals surface area contributed by atoms with Gasteiger partial charge in [0, 0.05) is 5.69 Å². The Morgan fingerprint density at radius 3 is 2.58 bits per heavy atom. The van der Waals surface area contributed by atoms with Crippen LogP contribution < -0.4 is 10.1 Å². The van der Waals surface area contributed by atoms with E-state index in [1.165, 1.54) is 0 Å². The zero-order chi connectivity index (χ0) is 16.9. The van der Waals surface area contributed by atoms with E-state index in [4.69, 9.17) is 4.74 Å². The molecule has 0 aliphatic rings. The third-order valence-electron chi connectivity index (χ3n) is 3.96. The molecule has 0 fully saturated rings. The van der Waals surface area contributed by atoms with Crippen LogP contribution in [0.4, 0.5) is 5.69 Å². The monoisotopic (exact) mass is 319 g/mol. The lowest BCUT2D eigenvalue weighted by Crippen LogP contribution is -2.15. The van der Waals surface area contributed by atoms with Crippen molar-refractivity contribution in [2.75, 3.05) is 11.9 Å². The summed E-state index contributed by atoms with van der Waals surface area (Å²) in [6, 6.07) is 20.1. The molecule has 3 nitrogen and oxygen atoms in total. The van der Waals surface area contributed by atoms with Gasteiger partial charge in [-0.3, -0.25) is 4.79 Å². The van der Waals surface area contributed by atoms with E-state index in [9.17, 15) is 4.79 Å². The van der Waals surface area contributed by atoms with Crippen LogP contribution in [0.2, 0.25) is 0 Å². The summed E-state index contributed by atoms with van der Waals surface area (Å²) in [4.78, 5) is 12.1. The fraction of sp³-hybridized carbons (Fsp3) is 0.190. The van der Waals surface area contributed by atoms with E-state index >= 15 is 0 Å². The Morgan fingerprint density at radius 1 is 0.958 bits per heavy atom. The summed E-state index contributed by atoms with van der Waals surface area (Å²) in [5.74, 6) is 0.795. The molecule has 0 radical (unpaired) electrons. The number of ether oxygens (including phenoxy) is 1. The average Bonchev–Trinajstić information content (AvgIpc) is 2.58. The molecule has 0 bridgehead atoms. The predicted octanol–water partition coefficient (Wildman–Crippen LogP) is 4.86. The maximum Gasteiger partial charge on any atom is 0.227 e. The SMILES string of the molecule is Cc1ccc(C)c(OCCC(=O)Nc2ccc3ccccc3c2)c1. The molecule has 0 aromatic heterocycles. The van der Waals surface area contributed by atoms with Crippen LogP contribution in [-0.2, 0) is 4.79 Å². The molecule has 0 atom stereocenters. The highest BCUT2D eigenvalue weighted by molar-refractivity contribution is 5.94. The number of carbonyl (C=O) groups excluding carboxylic acids is 1. The number of amides is 1. The molecule has 0 spiro atoms. The van der Waals surface area contributed by atoms with Crippen molar-refractivity contribution in [1.29, 1.82) is 0 Å². The highest BCUT2D eigenvalue weighted by Crippen LogP contribution is 2.20. The number of rotatable bonds is 5. The van der Waals surface area contributed by atoms with Crippen molar-refractivity contribution in [2.45, 2.75) is 20.3 Å². The minimum atomic E-state index is -0.0458. The minimum absolute atomic E-state index is 0.0458. The molecule has 1 amide bonds. The molecule has 24 heavy (non-hydrogen) atoms. The molecule has 122 valence electrons. The molecular weight excluding hydrogens is 298 g/mol. The van der Waals surface area contributed by atoms with Gasteiger partial charge in [0.2, 0.25) is 5.91 Å². The fourth-order valence-corrected chi connectivity index (χ4v) is 2.61. The van der Waals surface area contributed by atoms with Crippen LogP contribution in [0, 0.1) is 13.8 Å². The van der Waals surface area contributed by atoms with Gasteiger partial charge in [-0.2, -0.15) is 0 Å². The lowest BCUT2D eigenvalue weighted by Gasteiger charge is -2.10. The number of nitrogens with one attached hydrogen (secondary N) is 1. The molecular formula is C21H21NO2. The molecule has 3 aromatic carbocycles. The number of anilines is 1. The van der Waals surface area contributed by atoms with E-state index in [0.29, 0.717) is 13.0 Å². The third-order valence-corrected chi connectivity index (χ3v) is 3.96. The molecule has 3 rings (SSSR count). The first-order chi connectivity index (χ1) is 11.6. The Kier molecular flexibility index (Phi) is 4.80. The Balaban J connectivity index is 1.56. The number of hydrogen-bond donors (Lipinski definition) is 1. The summed E-state index contributed by atoms with van der Waals surface area (Å²) in [5, 5.41) is 5.20. The second-order valence-corrected chi connectivity index (χ2v) is 5.98. The first kappa shape index (κ1) is 16.1. The zero-order valence-corrected chi connectivity index (χ0v) is 14.0. The molecule has 0 aliphatic carbocycles. The van der Waals surface area contributed by atoms with Gasteiger partial charge < -0.3 is 10.1 Å². The summed E-state index contributed by atoms with van der Waals surface area (Å²) in [7, 11) is 0. The van der Waals surface area contributed by atoms with Crippen molar-refractivity contribution in [3.05, 3.63) is 71.8 Å². The number of benzene rings is 3. The van der Waals surface area contributed by atoms with Crippen LogP contribution in [0.5, 0.6) is 5.75 Å². The van der Waals surface area contributed by atoms with E-state index < -0.39 is 0 Å². The smallest absolute Gasteiger partial charge is 0.227 e. The van der Waals surface area contributed by atoms with Gasteiger partial charge in [-0.05, 0) is 53.9 Å². The van der Waals surface area contributed by atoms with Gasteiger partial charge in [-0.25, -0.2) is 0 Å². The minimum Gasteiger partial charge on any atom is -0.493 e. The van der Waals surface area contributed by atoms with Crippen molar-refractivity contribution in [2.24, 2.45) is 0 Å². The van der Waals surface area contributed by atoms with Crippen LogP contribution in [0.25, 0.3) is 10.8 Å². The summed E-state index contributed by atoms with van der Waals surface area (Å²) < 4.78 is 5.74. The van der Waals surface area contributed by atoms with E-state index in [1.807, 2.05) is 62.4 Å². The number of fused-ring (bicyclic) bond motifs is 1. The molecule has 3 aromatic rings. The van der Waals surface area contributed by atoms with Crippen molar-refractivity contribution in [1.82, 2.24) is 0 Å². The van der Waals surface area contributed by atoms with Crippen LogP contribution in [0.15, 0.2) is 60.7 Å². The van der Waals surface area contributed by atoms with Crippen LogP contribution in [-0.4, -0.2) is 12.5 Å². The summed E-state index contributed by atoms with van der Waals surface area (Å²) in [6.07, 6.45) is 0.320. The Morgan fingerprint density at radius 2 is 1.75 bits per heavy atom. The number of aryl methyl sites for hydroxylation is 2. The van der Waals surface area contributed by atoms with Crippen LogP contribution in [0.3, 0.4) is 0 Å². The lowest BCUT2D eigenvalue weighted by molar-refractivity contribution is -0.116. The summed E-state index contributed by atoms with van der Waals surface area (Å²) in [5.41, 5.74) is 3.04. The van der Waals surface area contributed by atoms with Gasteiger partial charge in [-0.1, -0.05) is 42.5 Å². The topological polar surface area (TPSA) is 38.3 Å². The first-order valence-corrected chi connectivity index (χ1v) is 8.10. The standard InChI is InChI=1S/C21H21NO2/c1-15-7-8-16(2)20(13-15)24-12-11-21(23)22-19-10-9-17-5-3-4-6-18(17)14-19/h3-10,13-14H,11-12H2,1-2H3,(H,22,23).